The molecule has 0 saturated carbocycles. The van der Waals surface area contributed by atoms with Crippen LogP contribution in [0.1, 0.15) is 0 Å². The lowest BCUT2D eigenvalue weighted by molar-refractivity contribution is 1.00. The van der Waals surface area contributed by atoms with Crippen LogP contribution in [0.3, 0.4) is 0 Å². The fourth-order valence-corrected chi connectivity index (χ4v) is 9.06. The molecule has 7 aromatic carbocycles. The van der Waals surface area contributed by atoms with E-state index in [2.05, 4.69) is 167 Å². The molecule has 11 rings (SSSR count). The van der Waals surface area contributed by atoms with Crippen LogP contribution >= 0.6 is 11.3 Å². The molecule has 238 valence electrons. The second-order valence-electron chi connectivity index (χ2n) is 13.0. The summed E-state index contributed by atoms with van der Waals surface area (Å²) >= 11 is 1.84. The van der Waals surface area contributed by atoms with Gasteiger partial charge in [0.05, 0.1) is 33.5 Å². The highest BCUT2D eigenvalue weighted by molar-refractivity contribution is 7.26. The first-order chi connectivity index (χ1) is 25.3. The number of hydrogen-bond donors (Lipinski definition) is 0. The van der Waals surface area contributed by atoms with E-state index in [0.29, 0.717) is 5.95 Å². The van der Waals surface area contributed by atoms with E-state index in [9.17, 15) is 0 Å². The Bertz CT molecular complexity index is 3060. The lowest BCUT2D eigenvalue weighted by Crippen LogP contribution is -2.04. The van der Waals surface area contributed by atoms with Crippen molar-refractivity contribution < 1.29 is 0 Å². The molecule has 4 aromatic heterocycles. The Labute approximate surface area is 297 Å². The van der Waals surface area contributed by atoms with Gasteiger partial charge in [0.2, 0.25) is 5.95 Å². The fourth-order valence-electron chi connectivity index (χ4n) is 7.96. The summed E-state index contributed by atoms with van der Waals surface area (Å²) in [5, 5.41) is 7.23. The molecule has 4 nitrogen and oxygen atoms in total. The molecule has 0 spiro atoms. The second kappa shape index (κ2) is 11.0. The van der Waals surface area contributed by atoms with E-state index in [1.54, 1.807) is 0 Å². The second-order valence-corrected chi connectivity index (χ2v) is 14.1. The first kappa shape index (κ1) is 28.3. The zero-order valence-corrected chi connectivity index (χ0v) is 28.2. The highest BCUT2D eigenvalue weighted by Crippen LogP contribution is 2.46. The summed E-state index contributed by atoms with van der Waals surface area (Å²) in [4.78, 5) is 10.9. The normalized spacial score (nSPS) is 11.9. The smallest absolute Gasteiger partial charge is 0.235 e. The quantitative estimate of drug-likeness (QED) is 0.187. The van der Waals surface area contributed by atoms with Crippen molar-refractivity contribution in [2.24, 2.45) is 0 Å². The van der Waals surface area contributed by atoms with Crippen LogP contribution in [0.25, 0.3) is 97.9 Å². The van der Waals surface area contributed by atoms with Crippen molar-refractivity contribution in [1.82, 2.24) is 19.1 Å². The molecule has 0 saturated heterocycles. The third-order valence-electron chi connectivity index (χ3n) is 10.1. The SMILES string of the molecule is c1ccc(-c2cc(-c3ccccc3)nc(-n3c4c(ccc5sc6ccccc6c54)c4ccc5c(c6ccccc6n5-c5ccccc5)c43)n2)cc1. The van der Waals surface area contributed by atoms with Gasteiger partial charge >= 0.3 is 0 Å². The molecule has 11 aromatic rings. The highest BCUT2D eigenvalue weighted by atomic mass is 32.1. The van der Waals surface area contributed by atoms with E-state index in [1.165, 1.54) is 41.7 Å². The summed E-state index contributed by atoms with van der Waals surface area (Å²) in [6.07, 6.45) is 0. The van der Waals surface area contributed by atoms with Crippen LogP contribution in [0, 0.1) is 0 Å². The maximum absolute atomic E-state index is 5.44. The molecule has 0 aliphatic carbocycles. The molecule has 0 aliphatic heterocycles. The van der Waals surface area contributed by atoms with Gasteiger partial charge < -0.3 is 4.57 Å². The van der Waals surface area contributed by atoms with Gasteiger partial charge in [-0.3, -0.25) is 4.57 Å². The van der Waals surface area contributed by atoms with Crippen molar-refractivity contribution in [3.05, 3.63) is 170 Å². The van der Waals surface area contributed by atoms with Crippen molar-refractivity contribution in [2.45, 2.75) is 0 Å². The fraction of sp³-hybridized carbons (Fsp3) is 0. The largest absolute Gasteiger partial charge is 0.309 e. The third-order valence-corrected chi connectivity index (χ3v) is 11.3. The zero-order chi connectivity index (χ0) is 33.5. The van der Waals surface area contributed by atoms with Crippen LogP contribution in [0.2, 0.25) is 0 Å². The predicted octanol–water partition coefficient (Wildman–Crippen LogP) is 12.4. The molecule has 0 bridgehead atoms. The number of hydrogen-bond acceptors (Lipinski definition) is 3. The van der Waals surface area contributed by atoms with Crippen molar-refractivity contribution in [3.8, 4) is 34.2 Å². The van der Waals surface area contributed by atoms with E-state index >= 15 is 0 Å². The molecule has 4 heterocycles. The van der Waals surface area contributed by atoms with E-state index < -0.39 is 0 Å². The summed E-state index contributed by atoms with van der Waals surface area (Å²) in [6, 6.07) is 60.4. The minimum Gasteiger partial charge on any atom is -0.309 e. The van der Waals surface area contributed by atoms with Gasteiger partial charge in [0.15, 0.2) is 0 Å². The minimum atomic E-state index is 0.655. The van der Waals surface area contributed by atoms with E-state index in [4.69, 9.17) is 9.97 Å². The van der Waals surface area contributed by atoms with E-state index in [-0.39, 0.29) is 0 Å². The van der Waals surface area contributed by atoms with Crippen LogP contribution in [0.4, 0.5) is 0 Å². The maximum Gasteiger partial charge on any atom is 0.235 e. The molecule has 0 atom stereocenters. The number of rotatable bonds is 4. The Morgan fingerprint density at radius 1 is 0.392 bits per heavy atom. The summed E-state index contributed by atoms with van der Waals surface area (Å²) in [5.74, 6) is 0.655. The van der Waals surface area contributed by atoms with Gasteiger partial charge in [-0.25, -0.2) is 9.97 Å². The lowest BCUT2D eigenvalue weighted by atomic mass is 10.1. The molecule has 51 heavy (non-hydrogen) atoms. The Hall–Kier alpha value is -6.56. The Morgan fingerprint density at radius 2 is 0.961 bits per heavy atom. The molecule has 0 aliphatic rings. The van der Waals surface area contributed by atoms with Gasteiger partial charge in [-0.15, -0.1) is 11.3 Å². The average Bonchev–Trinajstić information content (AvgIpc) is 3.86. The van der Waals surface area contributed by atoms with Crippen LogP contribution < -0.4 is 0 Å². The first-order valence-corrected chi connectivity index (χ1v) is 18.0. The highest BCUT2D eigenvalue weighted by Gasteiger charge is 2.25. The number of benzene rings is 7. The Morgan fingerprint density at radius 3 is 1.67 bits per heavy atom. The third kappa shape index (κ3) is 4.19. The molecular weight excluding hydrogens is 641 g/mol. The van der Waals surface area contributed by atoms with Gasteiger partial charge in [0.1, 0.15) is 0 Å². The minimum absolute atomic E-state index is 0.655. The van der Waals surface area contributed by atoms with Crippen LogP contribution in [-0.2, 0) is 0 Å². The average molecular weight is 669 g/mol. The van der Waals surface area contributed by atoms with Gasteiger partial charge in [0.25, 0.3) is 0 Å². The van der Waals surface area contributed by atoms with Crippen molar-refractivity contribution in [3.63, 3.8) is 0 Å². The monoisotopic (exact) mass is 668 g/mol. The standard InChI is InChI=1S/C46H28N4S/c1-4-14-29(15-5-1)36-28-37(30-16-6-2-7-17-30)48-46(47-36)50-44-32(33-25-27-41-43(45(33)50)35-21-11-13-23-40(35)51-41)24-26-39-42(44)34-20-10-12-22-38(34)49(39)31-18-8-3-9-19-31/h1-28H. The predicted molar refractivity (Wildman–Crippen MR) is 214 cm³/mol. The Balaban J connectivity index is 1.38. The summed E-state index contributed by atoms with van der Waals surface area (Å²) in [5.41, 5.74) is 9.56. The van der Waals surface area contributed by atoms with Crippen molar-refractivity contribution in [2.75, 3.05) is 0 Å². The summed E-state index contributed by atoms with van der Waals surface area (Å²) in [7, 11) is 0. The summed E-state index contributed by atoms with van der Waals surface area (Å²) < 4.78 is 7.28. The van der Waals surface area contributed by atoms with Crippen molar-refractivity contribution in [1.29, 1.82) is 0 Å². The van der Waals surface area contributed by atoms with E-state index in [0.717, 1.165) is 50.3 Å². The maximum atomic E-state index is 5.44. The summed E-state index contributed by atoms with van der Waals surface area (Å²) in [6.45, 7) is 0. The molecule has 0 N–H and O–H groups in total. The molecular formula is C46H28N4S. The van der Waals surface area contributed by atoms with Crippen molar-refractivity contribution >= 4 is 75.1 Å². The molecule has 0 amide bonds. The number of para-hydroxylation sites is 2. The van der Waals surface area contributed by atoms with Crippen LogP contribution in [-0.4, -0.2) is 19.1 Å². The van der Waals surface area contributed by atoms with Gasteiger partial charge in [-0.2, -0.15) is 0 Å². The van der Waals surface area contributed by atoms with Gasteiger partial charge in [0, 0.05) is 58.5 Å². The van der Waals surface area contributed by atoms with Crippen LogP contribution in [0.5, 0.6) is 0 Å². The van der Waals surface area contributed by atoms with Gasteiger partial charge in [-0.1, -0.05) is 127 Å². The molecule has 5 heteroatoms. The Kier molecular flexibility index (Phi) is 6.09. The molecule has 0 radical (unpaired) electrons. The van der Waals surface area contributed by atoms with Crippen LogP contribution in [0.15, 0.2) is 170 Å². The molecule has 0 unspecified atom stereocenters. The topological polar surface area (TPSA) is 35.6 Å². The van der Waals surface area contributed by atoms with Gasteiger partial charge in [-0.05, 0) is 42.5 Å². The number of nitrogens with zero attached hydrogens (tertiary/aromatic N) is 4. The zero-order valence-electron chi connectivity index (χ0n) is 27.4. The number of thiophene rings is 1. The molecule has 0 fully saturated rings. The number of aromatic nitrogens is 4. The number of fused-ring (bicyclic) bond motifs is 11. The van der Waals surface area contributed by atoms with E-state index in [1.807, 2.05) is 23.5 Å². The first-order valence-electron chi connectivity index (χ1n) is 17.2. The lowest BCUT2D eigenvalue weighted by Gasteiger charge is -2.13.